The number of ether oxygens (including phenoxy) is 3. The van der Waals surface area contributed by atoms with E-state index in [1.807, 2.05) is 0 Å². The van der Waals surface area contributed by atoms with Crippen molar-refractivity contribution in [3.05, 3.63) is 80.9 Å². The number of alkyl carbamates (subject to hydrolysis) is 1. The van der Waals surface area contributed by atoms with Gasteiger partial charge in [-0.05, 0) is 54.5 Å². The van der Waals surface area contributed by atoms with E-state index in [1.165, 1.54) is 21.3 Å². The molecule has 34 nitrogen and oxygen atoms in total. The van der Waals surface area contributed by atoms with Gasteiger partial charge >= 0.3 is 25.6 Å². The zero-order chi connectivity index (χ0) is 64.1. The molecule has 1 aromatic carbocycles. The maximum absolute atomic E-state index is 14.1. The van der Waals surface area contributed by atoms with Crippen LogP contribution in [0.5, 0.6) is 0 Å². The minimum atomic E-state index is -4.58. The summed E-state index contributed by atoms with van der Waals surface area (Å²) in [6, 6.07) is 3.11. The number of benzene rings is 1. The number of imide groups is 1. The number of H-pyrrole nitrogens is 2. The molecule has 0 radical (unpaired) electrons. The van der Waals surface area contributed by atoms with E-state index in [0.29, 0.717) is 30.4 Å². The lowest BCUT2D eigenvalue weighted by Crippen LogP contribution is -2.48. The lowest BCUT2D eigenvalue weighted by atomic mass is 9.88. The highest BCUT2D eigenvalue weighted by molar-refractivity contribution is 8.44. The number of aromatic nitrogens is 8. The maximum atomic E-state index is 14.1. The lowest BCUT2D eigenvalue weighted by molar-refractivity contribution is -0.137. The van der Waals surface area contributed by atoms with Crippen molar-refractivity contribution in [1.82, 2.24) is 59.9 Å². The molecular weight excluding hydrogens is 1250 g/mol. The molecule has 13 N–H and O–H groups in total. The fourth-order valence-corrected chi connectivity index (χ4v) is 13.4. The third-order valence-corrected chi connectivity index (χ3v) is 18.1. The van der Waals surface area contributed by atoms with Crippen molar-refractivity contribution in [2.75, 3.05) is 37.8 Å². The summed E-state index contributed by atoms with van der Waals surface area (Å²) in [6.07, 6.45) is -5.19. The van der Waals surface area contributed by atoms with Crippen LogP contribution in [0.25, 0.3) is 22.3 Å². The van der Waals surface area contributed by atoms with E-state index in [2.05, 4.69) is 58.1 Å². The normalized spacial score (nSPS) is 26.1. The first kappa shape index (κ1) is 66.1. The molecule has 8 heterocycles. The third-order valence-electron chi connectivity index (χ3n) is 15.0. The van der Waals surface area contributed by atoms with Crippen LogP contribution in [0.4, 0.5) is 21.5 Å². The van der Waals surface area contributed by atoms with Crippen molar-refractivity contribution in [3.63, 3.8) is 0 Å². The Labute approximate surface area is 514 Å². The number of ketones is 2. The van der Waals surface area contributed by atoms with Gasteiger partial charge in [-0.1, -0.05) is 56.8 Å². The first-order chi connectivity index (χ1) is 42.2. The van der Waals surface area contributed by atoms with Crippen molar-refractivity contribution < 1.29 is 80.4 Å². The largest absolute Gasteiger partial charge is 0.445 e. The predicted molar refractivity (Wildman–Crippen MR) is 317 cm³/mol. The fraction of sp³-hybridized carbons (Fsp3) is 0.510. The molecule has 4 unspecified atom stereocenters. The smallest absolute Gasteiger partial charge is 0.407 e. The molecule has 480 valence electrons. The summed E-state index contributed by atoms with van der Waals surface area (Å²) in [6.45, 7) is -6.99. The van der Waals surface area contributed by atoms with E-state index in [-0.39, 0.29) is 115 Å². The van der Waals surface area contributed by atoms with Gasteiger partial charge in [-0.25, -0.2) is 24.1 Å². The number of amides is 6. The number of imidazole rings is 2. The molecule has 3 fully saturated rings. The van der Waals surface area contributed by atoms with Crippen LogP contribution in [0.2, 0.25) is 0 Å². The summed E-state index contributed by atoms with van der Waals surface area (Å²) in [5, 5.41) is 19.6. The van der Waals surface area contributed by atoms with Crippen LogP contribution in [0.3, 0.4) is 0 Å². The van der Waals surface area contributed by atoms with Crippen LogP contribution >= 0.6 is 25.8 Å². The van der Waals surface area contributed by atoms with Gasteiger partial charge in [-0.3, -0.25) is 66.6 Å². The molecule has 4 aliphatic rings. The van der Waals surface area contributed by atoms with Gasteiger partial charge < -0.3 is 66.4 Å². The zero-order valence-electron chi connectivity index (χ0n) is 47.6. The van der Waals surface area contributed by atoms with E-state index in [4.69, 9.17) is 61.3 Å². The number of nitrogens with one attached hydrogen (secondary N) is 5. The molecule has 12 atom stereocenters. The predicted octanol–water partition coefficient (Wildman–Crippen LogP) is 0.702. The molecule has 6 amide bonds. The maximum Gasteiger partial charge on any atom is 0.407 e. The van der Waals surface area contributed by atoms with Crippen molar-refractivity contribution >= 4 is 113 Å². The number of Topliss-reactive ketones (excluding diaryl/α,β-unsaturated/α-hetero) is 2. The number of carbonyl (C=O) groups excluding carboxylic acids is 7. The van der Waals surface area contributed by atoms with Crippen molar-refractivity contribution in [3.8, 4) is 0 Å². The number of urea groups is 1. The summed E-state index contributed by atoms with van der Waals surface area (Å²) in [5.41, 5.74) is 15.9. The van der Waals surface area contributed by atoms with Crippen molar-refractivity contribution in [1.29, 1.82) is 0 Å². The number of unbranched alkanes of at least 4 members (excludes halogenated alkanes) is 2. The molecule has 0 aliphatic carbocycles. The second kappa shape index (κ2) is 28.2. The molecule has 3 saturated heterocycles. The van der Waals surface area contributed by atoms with Crippen molar-refractivity contribution in [2.45, 2.75) is 127 Å². The number of aliphatic hydroxyl groups excluding tert-OH is 1. The quantitative estimate of drug-likeness (QED) is 0.0186. The minimum absolute atomic E-state index is 0.0799. The molecular formula is C51H65N15O19P2S2. The zero-order valence-corrected chi connectivity index (χ0v) is 51.1. The topological polar surface area (TPSA) is 486 Å². The number of fused-ring (bicyclic) bond motifs is 4. The summed E-state index contributed by atoms with van der Waals surface area (Å²) < 4.78 is 57.9. The molecule has 5 aromatic rings. The lowest BCUT2D eigenvalue weighted by Gasteiger charge is -2.30. The molecule has 89 heavy (non-hydrogen) atoms. The average molecular weight is 1320 g/mol. The molecule has 0 bridgehead atoms. The molecule has 4 aliphatic heterocycles. The summed E-state index contributed by atoms with van der Waals surface area (Å²) in [7, 11) is 0. The van der Waals surface area contributed by atoms with E-state index in [0.717, 1.165) is 17.6 Å². The Morgan fingerprint density at radius 3 is 2.07 bits per heavy atom. The van der Waals surface area contributed by atoms with Crippen molar-refractivity contribution in [2.24, 2.45) is 17.6 Å². The number of aromatic amines is 2. The molecule has 4 aromatic heterocycles. The number of anilines is 2. The Morgan fingerprint density at radius 1 is 0.843 bits per heavy atom. The van der Waals surface area contributed by atoms with Gasteiger partial charge in [0.1, 0.15) is 49.0 Å². The summed E-state index contributed by atoms with van der Waals surface area (Å²) in [4.78, 5) is 150. The number of nitrogen functional groups attached to an aromatic ring is 2. The highest BCUT2D eigenvalue weighted by atomic mass is 32.7. The number of primary amides is 1. The minimum Gasteiger partial charge on any atom is -0.445 e. The van der Waals surface area contributed by atoms with Gasteiger partial charge in [-0.2, -0.15) is 9.97 Å². The number of hydrogen-bond donors (Lipinski definition) is 11. The molecule has 38 heteroatoms. The second-order valence-electron chi connectivity index (χ2n) is 21.6. The number of aliphatic hydroxyl groups is 1. The first-order valence-corrected chi connectivity index (χ1v) is 33.2. The van der Waals surface area contributed by atoms with Gasteiger partial charge in [0.05, 0.1) is 31.9 Å². The standard InChI is InChI=1S/C51H65N15O19P2S2/c1-24(2)28(18-27(67)7-4-3-5-16-64-33(69)13-14-34(64)70)43(72)58-29(8-6-15-55-50(54)75)30(68)17-25-9-11-26(12-10-25)19-79-51(76)59-35-39-31(82-46(35)65-22-56-36-41(65)60-48(52)62-44(36)73)20-80-87(78,89)85-40-32(21-81-86(77,88)84-39)83-47(38(40)71)66-23-57-37-42(66)61-49(53)63-45(37)74/h9-14,22-24,28-29,31-32,35,38-40,46-47,71H,3-8,15-21H2,1-2H3,(H,58,72)(H,59,76)(H,77,88)(H,78,89)(H3,54,55,75)(H3,52,60,62,73)(H3,53,61,63,74)/t28-,29-,31+,32+,35-,38?,39?,40-,46+,47+,86?,87?/m0/s1. The summed E-state index contributed by atoms with van der Waals surface area (Å²) in [5.74, 6) is -3.45. The van der Waals surface area contributed by atoms with Crippen LogP contribution in [-0.4, -0.2) is 164 Å². The average Bonchev–Trinajstić information content (AvgIpc) is 1.90. The van der Waals surface area contributed by atoms with Crippen LogP contribution in [0.1, 0.15) is 82.4 Å². The Balaban J connectivity index is 0.860. The van der Waals surface area contributed by atoms with E-state index < -0.39 is 117 Å². The van der Waals surface area contributed by atoms with Crippen LogP contribution in [0, 0.1) is 11.8 Å². The number of thiol groups is 1. The van der Waals surface area contributed by atoms with Crippen LogP contribution in [0.15, 0.2) is 58.7 Å². The Morgan fingerprint density at radius 2 is 1.44 bits per heavy atom. The second-order valence-corrected chi connectivity index (χ2v) is 27.3. The summed E-state index contributed by atoms with van der Waals surface area (Å²) >= 11 is 9.66. The van der Waals surface area contributed by atoms with Gasteiger partial charge in [0.25, 0.3) is 22.9 Å². The van der Waals surface area contributed by atoms with Gasteiger partial charge in [-0.15, -0.1) is 0 Å². The number of nitrogens with zero attached hydrogens (tertiary/aromatic N) is 7. The molecule has 0 spiro atoms. The van der Waals surface area contributed by atoms with Gasteiger partial charge in [0.15, 0.2) is 40.6 Å². The van der Waals surface area contributed by atoms with Gasteiger partial charge in [0, 0.05) is 50.4 Å². The van der Waals surface area contributed by atoms with Crippen LogP contribution < -0.4 is 44.3 Å². The van der Waals surface area contributed by atoms with Crippen LogP contribution in [-0.2, 0) is 85.7 Å². The third kappa shape index (κ3) is 16.2. The monoisotopic (exact) mass is 1320 g/mol. The first-order valence-electron chi connectivity index (χ1n) is 27.9. The Hall–Kier alpha value is -7.34. The Bertz CT molecular complexity index is 3750. The highest BCUT2D eigenvalue weighted by Crippen LogP contribution is 2.58. The Kier molecular flexibility index (Phi) is 21.0. The van der Waals surface area contributed by atoms with E-state index >= 15 is 0 Å². The molecule has 9 rings (SSSR count). The SMILES string of the molecule is CC(C)[C@H](CC(=O)CCCCCN1C(=O)C=CC1=O)C(=O)N[C@@H](CCCNC(N)=O)C(=O)Cc1ccc(COC(=O)N[C@H]2C3OP(O)(=S)OC[C@H]4O[C@@H](n5cnc6c(=O)[nH]c(N)nc65)C(O)[C@H]4OP(=O)(S)OC[C@H]3O[C@H]2n2cnc3c(=O)[nH]c(N)nc32)cc1. The number of rotatable bonds is 23. The van der Waals surface area contributed by atoms with Gasteiger partial charge in [0.2, 0.25) is 17.8 Å². The van der Waals surface area contributed by atoms with E-state index in [9.17, 15) is 57.7 Å². The number of nitrogens with two attached hydrogens (primary N) is 3. The number of carbonyl (C=O) groups is 7. The molecule has 0 saturated carbocycles. The number of hydrogen-bond acceptors (Lipinski definition) is 25. The van der Waals surface area contributed by atoms with E-state index in [1.54, 1.807) is 38.1 Å². The highest BCUT2D eigenvalue weighted by Gasteiger charge is 2.54. The fourth-order valence-electron chi connectivity index (χ4n) is 10.5.